The second-order valence-corrected chi connectivity index (χ2v) is 6.05. The van der Waals surface area contributed by atoms with Crippen LogP contribution in [0.3, 0.4) is 0 Å². The number of nitrogens with two attached hydrogens (primary N) is 1. The maximum absolute atomic E-state index is 6.43. The van der Waals surface area contributed by atoms with E-state index in [0.717, 1.165) is 46.4 Å². The van der Waals surface area contributed by atoms with Gasteiger partial charge in [-0.3, -0.25) is 4.98 Å². The van der Waals surface area contributed by atoms with Crippen molar-refractivity contribution < 1.29 is 0 Å². The molecule has 0 atom stereocenters. The molecule has 2 heterocycles. The van der Waals surface area contributed by atoms with E-state index in [2.05, 4.69) is 9.97 Å². The molecule has 3 N–H and O–H groups in total. The largest absolute Gasteiger partial charge is 0.353 e. The van der Waals surface area contributed by atoms with Crippen LogP contribution in [0.2, 0.25) is 10.0 Å². The first-order valence-electron chi connectivity index (χ1n) is 7.31. The van der Waals surface area contributed by atoms with E-state index in [9.17, 15) is 0 Å². The fourth-order valence-corrected chi connectivity index (χ4v) is 3.23. The molecule has 22 heavy (non-hydrogen) atoms. The first-order valence-corrected chi connectivity index (χ1v) is 8.07. The molecule has 0 bridgehead atoms. The van der Waals surface area contributed by atoms with Crippen LogP contribution in [0.15, 0.2) is 36.7 Å². The Kier molecular flexibility index (Phi) is 4.67. The van der Waals surface area contributed by atoms with Gasteiger partial charge in [-0.1, -0.05) is 23.2 Å². The van der Waals surface area contributed by atoms with Gasteiger partial charge in [-0.2, -0.15) is 0 Å². The molecule has 0 spiro atoms. The molecule has 2 aromatic heterocycles. The number of aromatic nitrogens is 2. The van der Waals surface area contributed by atoms with Gasteiger partial charge in [0.25, 0.3) is 0 Å². The SMILES string of the molecule is NCCCCc1c(-c2ccncc2)[nH]c2c(Cl)ccc(Cl)c12. The lowest BCUT2D eigenvalue weighted by Gasteiger charge is -2.05. The van der Waals surface area contributed by atoms with Crippen LogP contribution in [0.1, 0.15) is 18.4 Å². The Morgan fingerprint density at radius 3 is 2.45 bits per heavy atom. The highest BCUT2D eigenvalue weighted by molar-refractivity contribution is 6.40. The summed E-state index contributed by atoms with van der Waals surface area (Å²) in [5, 5.41) is 2.41. The number of hydrogen-bond donors (Lipinski definition) is 2. The molecule has 3 aromatic rings. The van der Waals surface area contributed by atoms with Crippen molar-refractivity contribution in [3.63, 3.8) is 0 Å². The van der Waals surface area contributed by atoms with Crippen LogP contribution in [0.25, 0.3) is 22.2 Å². The van der Waals surface area contributed by atoms with Crippen molar-refractivity contribution in [1.29, 1.82) is 0 Å². The topological polar surface area (TPSA) is 54.7 Å². The summed E-state index contributed by atoms with van der Waals surface area (Å²) in [6, 6.07) is 7.64. The van der Waals surface area contributed by atoms with Crippen molar-refractivity contribution in [2.24, 2.45) is 5.73 Å². The maximum atomic E-state index is 6.43. The van der Waals surface area contributed by atoms with E-state index in [1.807, 2.05) is 24.3 Å². The summed E-state index contributed by atoms with van der Waals surface area (Å²) >= 11 is 12.8. The van der Waals surface area contributed by atoms with Crippen LogP contribution >= 0.6 is 23.2 Å². The number of H-pyrrole nitrogens is 1. The Hall–Kier alpha value is -1.55. The molecule has 0 saturated carbocycles. The number of pyridine rings is 1. The minimum atomic E-state index is 0.680. The van der Waals surface area contributed by atoms with E-state index >= 15 is 0 Å². The maximum Gasteiger partial charge on any atom is 0.0666 e. The zero-order chi connectivity index (χ0) is 15.5. The third-order valence-corrected chi connectivity index (χ3v) is 4.44. The van der Waals surface area contributed by atoms with Crippen LogP contribution in [0.4, 0.5) is 0 Å². The second kappa shape index (κ2) is 6.69. The molecule has 114 valence electrons. The summed E-state index contributed by atoms with van der Waals surface area (Å²) < 4.78 is 0. The van der Waals surface area contributed by atoms with Crippen molar-refractivity contribution in [3.8, 4) is 11.3 Å². The van der Waals surface area contributed by atoms with Gasteiger partial charge in [0, 0.05) is 29.0 Å². The van der Waals surface area contributed by atoms with Gasteiger partial charge >= 0.3 is 0 Å². The average Bonchev–Trinajstić information content (AvgIpc) is 2.93. The van der Waals surface area contributed by atoms with Gasteiger partial charge in [-0.25, -0.2) is 0 Å². The number of aryl methyl sites for hydroxylation is 1. The van der Waals surface area contributed by atoms with Gasteiger partial charge in [0.2, 0.25) is 0 Å². The van der Waals surface area contributed by atoms with E-state index < -0.39 is 0 Å². The third-order valence-electron chi connectivity index (χ3n) is 3.81. The molecule has 0 unspecified atom stereocenters. The molecule has 0 aliphatic carbocycles. The Balaban J connectivity index is 2.19. The number of unbranched alkanes of at least 4 members (excludes halogenated alkanes) is 1. The molecule has 0 amide bonds. The van der Waals surface area contributed by atoms with Crippen molar-refractivity contribution in [2.45, 2.75) is 19.3 Å². The van der Waals surface area contributed by atoms with Gasteiger partial charge in [0.05, 0.1) is 15.6 Å². The zero-order valence-corrected chi connectivity index (χ0v) is 13.6. The molecule has 3 rings (SSSR count). The van der Waals surface area contributed by atoms with E-state index in [-0.39, 0.29) is 0 Å². The van der Waals surface area contributed by atoms with E-state index in [1.54, 1.807) is 12.4 Å². The number of nitrogens with one attached hydrogen (secondary N) is 1. The van der Waals surface area contributed by atoms with E-state index in [1.165, 1.54) is 5.56 Å². The number of benzene rings is 1. The Labute approximate surface area is 139 Å². The zero-order valence-electron chi connectivity index (χ0n) is 12.1. The van der Waals surface area contributed by atoms with Crippen molar-refractivity contribution in [2.75, 3.05) is 6.54 Å². The summed E-state index contributed by atoms with van der Waals surface area (Å²) in [6.45, 7) is 0.696. The predicted octanol–water partition coefficient (Wildman–Crippen LogP) is 4.82. The van der Waals surface area contributed by atoms with Crippen molar-refractivity contribution in [3.05, 3.63) is 52.3 Å². The Morgan fingerprint density at radius 1 is 1.00 bits per heavy atom. The number of nitrogens with zero attached hydrogens (tertiary/aromatic N) is 1. The van der Waals surface area contributed by atoms with Crippen LogP contribution < -0.4 is 5.73 Å². The molecular weight excluding hydrogens is 317 g/mol. The van der Waals surface area contributed by atoms with Crippen LogP contribution in [-0.2, 0) is 6.42 Å². The van der Waals surface area contributed by atoms with Gasteiger partial charge in [0.15, 0.2) is 0 Å². The minimum absolute atomic E-state index is 0.680. The summed E-state index contributed by atoms with van der Waals surface area (Å²) in [7, 11) is 0. The quantitative estimate of drug-likeness (QED) is 0.657. The average molecular weight is 334 g/mol. The highest BCUT2D eigenvalue weighted by Gasteiger charge is 2.17. The van der Waals surface area contributed by atoms with Crippen LogP contribution in [-0.4, -0.2) is 16.5 Å². The van der Waals surface area contributed by atoms with E-state index in [4.69, 9.17) is 28.9 Å². The first kappa shape index (κ1) is 15.3. The summed E-state index contributed by atoms with van der Waals surface area (Å²) in [5.74, 6) is 0. The lowest BCUT2D eigenvalue weighted by atomic mass is 10.0. The van der Waals surface area contributed by atoms with Gasteiger partial charge < -0.3 is 10.7 Å². The lowest BCUT2D eigenvalue weighted by Crippen LogP contribution is -1.99. The molecule has 0 radical (unpaired) electrons. The van der Waals surface area contributed by atoms with Crippen LogP contribution in [0.5, 0.6) is 0 Å². The fourth-order valence-electron chi connectivity index (χ4n) is 2.76. The summed E-state index contributed by atoms with van der Waals surface area (Å²) in [6.07, 6.45) is 6.49. The first-order chi connectivity index (χ1) is 10.7. The standard InChI is InChI=1S/C17H17Cl2N3/c18-13-4-5-14(19)17-15(13)12(3-1-2-8-20)16(22-17)11-6-9-21-10-7-11/h4-7,9-10,22H,1-3,8,20H2. The fraction of sp³-hybridized carbons (Fsp3) is 0.235. The molecule has 0 fully saturated rings. The molecule has 5 heteroatoms. The highest BCUT2D eigenvalue weighted by Crippen LogP contribution is 2.38. The number of halogens is 2. The molecule has 0 saturated heterocycles. The molecule has 1 aromatic carbocycles. The number of hydrogen-bond acceptors (Lipinski definition) is 2. The number of fused-ring (bicyclic) bond motifs is 1. The van der Waals surface area contributed by atoms with Gasteiger partial charge in [-0.05, 0) is 55.6 Å². The molecular formula is C17H17Cl2N3. The predicted molar refractivity (Wildman–Crippen MR) is 93.5 cm³/mol. The number of rotatable bonds is 5. The smallest absolute Gasteiger partial charge is 0.0666 e. The molecule has 3 nitrogen and oxygen atoms in total. The molecule has 0 aliphatic heterocycles. The highest BCUT2D eigenvalue weighted by atomic mass is 35.5. The summed E-state index contributed by atoms with van der Waals surface area (Å²) in [4.78, 5) is 7.52. The van der Waals surface area contributed by atoms with Crippen molar-refractivity contribution >= 4 is 34.1 Å². The monoisotopic (exact) mass is 333 g/mol. The van der Waals surface area contributed by atoms with E-state index in [0.29, 0.717) is 11.6 Å². The minimum Gasteiger partial charge on any atom is -0.353 e. The summed E-state index contributed by atoms with van der Waals surface area (Å²) in [5.41, 5.74) is 9.85. The lowest BCUT2D eigenvalue weighted by molar-refractivity contribution is 0.748. The van der Waals surface area contributed by atoms with Gasteiger partial charge in [-0.15, -0.1) is 0 Å². The normalized spacial score (nSPS) is 11.2. The van der Waals surface area contributed by atoms with Gasteiger partial charge in [0.1, 0.15) is 0 Å². The second-order valence-electron chi connectivity index (χ2n) is 5.24. The van der Waals surface area contributed by atoms with Crippen LogP contribution in [0, 0.1) is 0 Å². The Morgan fingerprint density at radius 2 is 1.73 bits per heavy atom. The molecule has 0 aliphatic rings. The number of aromatic amines is 1. The van der Waals surface area contributed by atoms with Crippen molar-refractivity contribution in [1.82, 2.24) is 9.97 Å². The Bertz CT molecular complexity index is 781. The third kappa shape index (κ3) is 2.84.